The Hall–Kier alpha value is -1.28. The molecule has 1 aromatic rings. The molecule has 0 atom stereocenters. The third kappa shape index (κ3) is 2.84. The molecule has 0 bridgehead atoms. The van der Waals surface area contributed by atoms with Crippen molar-refractivity contribution in [3.63, 3.8) is 0 Å². The van der Waals surface area contributed by atoms with Crippen molar-refractivity contribution in [2.24, 2.45) is 0 Å². The lowest BCUT2D eigenvalue weighted by molar-refractivity contribution is -0.0436. The zero-order valence-electron chi connectivity index (χ0n) is 9.85. The number of hydroxylamine groups is 1. The summed E-state index contributed by atoms with van der Waals surface area (Å²) >= 11 is 0. The number of benzene rings is 1. The maximum absolute atomic E-state index is 12.4. The average molecular weight is 295 g/mol. The van der Waals surface area contributed by atoms with Crippen molar-refractivity contribution in [2.75, 3.05) is 18.2 Å². The van der Waals surface area contributed by atoms with Crippen LogP contribution in [-0.4, -0.2) is 27.1 Å². The Kier molecular flexibility index (Phi) is 3.73. The van der Waals surface area contributed by atoms with Gasteiger partial charge in [-0.25, -0.2) is 8.42 Å². The molecule has 19 heavy (non-hydrogen) atoms. The summed E-state index contributed by atoms with van der Waals surface area (Å²) in [5.41, 5.74) is -4.74. The highest BCUT2D eigenvalue weighted by Gasteiger charge is 2.46. The largest absolute Gasteiger partial charge is 0.501 e. The summed E-state index contributed by atoms with van der Waals surface area (Å²) in [4.78, 5) is 4.56. The van der Waals surface area contributed by atoms with Crippen LogP contribution in [0.25, 0.3) is 0 Å². The molecule has 1 heterocycles. The van der Waals surface area contributed by atoms with E-state index in [-0.39, 0.29) is 0 Å². The van der Waals surface area contributed by atoms with E-state index in [1.54, 1.807) is 5.06 Å². The highest BCUT2D eigenvalue weighted by atomic mass is 32.2. The number of hydrogen-bond acceptors (Lipinski definition) is 4. The SMILES string of the molecule is O=S(=O)(c1ccc(N2CCCCO2)cc1)C(F)(F)F. The van der Waals surface area contributed by atoms with E-state index >= 15 is 0 Å². The minimum Gasteiger partial charge on any atom is -0.273 e. The molecule has 2 rings (SSSR count). The fourth-order valence-corrected chi connectivity index (χ4v) is 2.49. The predicted molar refractivity (Wildman–Crippen MR) is 62.2 cm³/mol. The lowest BCUT2D eigenvalue weighted by Gasteiger charge is -2.27. The fraction of sp³-hybridized carbons (Fsp3) is 0.455. The van der Waals surface area contributed by atoms with E-state index in [0.717, 1.165) is 25.0 Å². The highest BCUT2D eigenvalue weighted by molar-refractivity contribution is 7.92. The standard InChI is InChI=1S/C11H12F3NO3S/c12-11(13,14)19(16,17)10-5-3-9(4-6-10)15-7-1-2-8-18-15/h3-6H,1-2,7-8H2. The van der Waals surface area contributed by atoms with E-state index in [9.17, 15) is 21.6 Å². The van der Waals surface area contributed by atoms with Crippen LogP contribution in [0.15, 0.2) is 29.2 Å². The maximum Gasteiger partial charge on any atom is 0.501 e. The van der Waals surface area contributed by atoms with Crippen molar-refractivity contribution in [3.8, 4) is 0 Å². The second-order valence-electron chi connectivity index (χ2n) is 4.09. The van der Waals surface area contributed by atoms with Gasteiger partial charge in [-0.2, -0.15) is 13.2 Å². The third-order valence-electron chi connectivity index (χ3n) is 2.74. The Labute approximate surface area is 108 Å². The van der Waals surface area contributed by atoms with E-state index < -0.39 is 20.2 Å². The van der Waals surface area contributed by atoms with Crippen LogP contribution in [0.1, 0.15) is 12.8 Å². The fourth-order valence-electron chi connectivity index (χ4n) is 1.73. The monoisotopic (exact) mass is 295 g/mol. The average Bonchev–Trinajstić information content (AvgIpc) is 2.39. The molecule has 1 aliphatic rings. The summed E-state index contributed by atoms with van der Waals surface area (Å²) in [5.74, 6) is 0. The normalized spacial score (nSPS) is 17.5. The van der Waals surface area contributed by atoms with Gasteiger partial charge in [-0.05, 0) is 37.1 Å². The minimum absolute atomic E-state index is 0.542. The first-order chi connectivity index (χ1) is 8.82. The number of hydrogen-bond donors (Lipinski definition) is 0. The molecule has 0 aliphatic carbocycles. The first-order valence-electron chi connectivity index (χ1n) is 5.64. The molecule has 0 spiro atoms. The molecule has 1 aliphatic heterocycles. The Morgan fingerprint density at radius 3 is 2.21 bits per heavy atom. The molecular weight excluding hydrogens is 283 g/mol. The predicted octanol–water partition coefficient (Wildman–Crippen LogP) is 2.51. The van der Waals surface area contributed by atoms with E-state index in [0.29, 0.717) is 18.8 Å². The van der Waals surface area contributed by atoms with E-state index in [1.165, 1.54) is 12.1 Å². The van der Waals surface area contributed by atoms with E-state index in [4.69, 9.17) is 4.84 Å². The summed E-state index contributed by atoms with van der Waals surface area (Å²) in [7, 11) is -5.28. The van der Waals surface area contributed by atoms with Crippen LogP contribution >= 0.6 is 0 Å². The van der Waals surface area contributed by atoms with Crippen LogP contribution in [-0.2, 0) is 14.7 Å². The molecule has 1 fully saturated rings. The Morgan fingerprint density at radius 1 is 1.11 bits per heavy atom. The Morgan fingerprint density at radius 2 is 1.74 bits per heavy atom. The number of rotatable bonds is 2. The van der Waals surface area contributed by atoms with Gasteiger partial charge in [0.15, 0.2) is 0 Å². The molecular formula is C11H12F3NO3S. The summed E-state index contributed by atoms with van der Waals surface area (Å²) in [5, 5.41) is 1.55. The topological polar surface area (TPSA) is 46.6 Å². The second-order valence-corrected chi connectivity index (χ2v) is 6.03. The Bertz CT molecular complexity index is 533. The molecule has 1 saturated heterocycles. The molecule has 4 nitrogen and oxygen atoms in total. The molecule has 0 aromatic heterocycles. The van der Waals surface area contributed by atoms with Gasteiger partial charge in [-0.15, -0.1) is 0 Å². The minimum atomic E-state index is -5.28. The van der Waals surface area contributed by atoms with E-state index in [2.05, 4.69) is 0 Å². The smallest absolute Gasteiger partial charge is 0.273 e. The molecule has 1 aromatic carbocycles. The van der Waals surface area contributed by atoms with Gasteiger partial charge in [0.05, 0.1) is 17.2 Å². The molecule has 0 N–H and O–H groups in total. The lowest BCUT2D eigenvalue weighted by atomic mass is 10.2. The number of nitrogens with zero attached hydrogens (tertiary/aromatic N) is 1. The Balaban J connectivity index is 2.23. The molecule has 0 unspecified atom stereocenters. The zero-order valence-corrected chi connectivity index (χ0v) is 10.7. The van der Waals surface area contributed by atoms with Crippen LogP contribution in [0.4, 0.5) is 18.9 Å². The van der Waals surface area contributed by atoms with Gasteiger partial charge in [0.1, 0.15) is 0 Å². The van der Waals surface area contributed by atoms with Crippen molar-refractivity contribution in [1.82, 2.24) is 0 Å². The molecule has 0 amide bonds. The van der Waals surface area contributed by atoms with Crippen LogP contribution in [0.2, 0.25) is 0 Å². The maximum atomic E-state index is 12.4. The van der Waals surface area contributed by atoms with Gasteiger partial charge in [0.25, 0.3) is 9.84 Å². The van der Waals surface area contributed by atoms with Crippen LogP contribution in [0.5, 0.6) is 0 Å². The van der Waals surface area contributed by atoms with Crippen molar-refractivity contribution >= 4 is 15.5 Å². The summed E-state index contributed by atoms with van der Waals surface area (Å²) in [6.07, 6.45) is 1.85. The van der Waals surface area contributed by atoms with Crippen molar-refractivity contribution < 1.29 is 26.4 Å². The number of halogens is 3. The quantitative estimate of drug-likeness (QED) is 0.841. The molecule has 0 saturated carbocycles. The number of sulfone groups is 1. The van der Waals surface area contributed by atoms with Gasteiger partial charge in [-0.1, -0.05) is 0 Å². The molecule has 8 heteroatoms. The summed E-state index contributed by atoms with van der Waals surface area (Å²) < 4.78 is 59.4. The number of alkyl halides is 3. The summed E-state index contributed by atoms with van der Waals surface area (Å²) in [6, 6.07) is 4.50. The van der Waals surface area contributed by atoms with Crippen molar-refractivity contribution in [3.05, 3.63) is 24.3 Å². The van der Waals surface area contributed by atoms with Crippen LogP contribution in [0.3, 0.4) is 0 Å². The van der Waals surface area contributed by atoms with Gasteiger partial charge in [0, 0.05) is 6.54 Å². The van der Waals surface area contributed by atoms with Gasteiger partial charge >= 0.3 is 5.51 Å². The molecule has 0 radical (unpaired) electrons. The van der Waals surface area contributed by atoms with Gasteiger partial charge in [-0.3, -0.25) is 9.90 Å². The van der Waals surface area contributed by atoms with Crippen LogP contribution < -0.4 is 5.06 Å². The summed E-state index contributed by atoms with van der Waals surface area (Å²) in [6.45, 7) is 1.17. The second kappa shape index (κ2) is 5.01. The van der Waals surface area contributed by atoms with Crippen LogP contribution in [0, 0.1) is 0 Å². The van der Waals surface area contributed by atoms with Gasteiger partial charge < -0.3 is 0 Å². The first-order valence-corrected chi connectivity index (χ1v) is 7.12. The lowest BCUT2D eigenvalue weighted by Crippen LogP contribution is -2.29. The zero-order chi connectivity index (χ0) is 14.1. The third-order valence-corrected chi connectivity index (χ3v) is 4.24. The first kappa shape index (κ1) is 14.1. The molecule has 106 valence electrons. The van der Waals surface area contributed by atoms with E-state index in [1.807, 2.05) is 0 Å². The van der Waals surface area contributed by atoms with Crippen molar-refractivity contribution in [2.45, 2.75) is 23.2 Å². The highest BCUT2D eigenvalue weighted by Crippen LogP contribution is 2.31. The van der Waals surface area contributed by atoms with Gasteiger partial charge in [0.2, 0.25) is 0 Å². The van der Waals surface area contributed by atoms with Crippen molar-refractivity contribution in [1.29, 1.82) is 0 Å². The number of anilines is 1.